The van der Waals surface area contributed by atoms with Crippen LogP contribution >= 0.6 is 22.9 Å². The quantitative estimate of drug-likeness (QED) is 0.281. The molecule has 1 atom stereocenters. The molecule has 2 heterocycles. The van der Waals surface area contributed by atoms with E-state index in [1.165, 1.54) is 16.7 Å². The van der Waals surface area contributed by atoms with Crippen LogP contribution in [0.5, 0.6) is 0 Å². The van der Waals surface area contributed by atoms with Crippen LogP contribution in [0.25, 0.3) is 23.1 Å². The fraction of sp³-hybridized carbons (Fsp3) is 0.0370. The zero-order chi connectivity index (χ0) is 21.0. The fourth-order valence-electron chi connectivity index (χ4n) is 3.77. The standard InChI is InChI=1S/C27H19ClN2S/c28-23-11-8-21(9-12-23)26(27-30-16-17-31-27)22-10-13-25-24(18-22)20(14-15-29-25)7-6-19-4-2-1-3-5-19/h1-18,26H. The van der Waals surface area contributed by atoms with Gasteiger partial charge in [0.15, 0.2) is 0 Å². The van der Waals surface area contributed by atoms with Gasteiger partial charge in [-0.3, -0.25) is 4.98 Å². The van der Waals surface area contributed by atoms with E-state index in [0.29, 0.717) is 0 Å². The topological polar surface area (TPSA) is 25.8 Å². The van der Waals surface area contributed by atoms with Crippen LogP contribution < -0.4 is 0 Å². The average Bonchev–Trinajstić information content (AvgIpc) is 3.34. The summed E-state index contributed by atoms with van der Waals surface area (Å²) < 4.78 is 0. The van der Waals surface area contributed by atoms with Crippen LogP contribution in [0.1, 0.15) is 33.2 Å². The van der Waals surface area contributed by atoms with Gasteiger partial charge in [-0.05, 0) is 52.6 Å². The van der Waals surface area contributed by atoms with Gasteiger partial charge in [0.25, 0.3) is 0 Å². The van der Waals surface area contributed by atoms with Crippen molar-refractivity contribution in [3.05, 3.63) is 129 Å². The first-order chi connectivity index (χ1) is 15.3. The van der Waals surface area contributed by atoms with Gasteiger partial charge in [-0.2, -0.15) is 0 Å². The highest BCUT2D eigenvalue weighted by molar-refractivity contribution is 7.09. The molecule has 0 spiro atoms. The number of aromatic nitrogens is 2. The third-order valence-corrected chi connectivity index (χ3v) is 6.38. The van der Waals surface area contributed by atoms with Crippen molar-refractivity contribution in [2.75, 3.05) is 0 Å². The lowest BCUT2D eigenvalue weighted by molar-refractivity contribution is 0.958. The van der Waals surface area contributed by atoms with E-state index >= 15 is 0 Å². The van der Waals surface area contributed by atoms with Gasteiger partial charge in [-0.15, -0.1) is 11.3 Å². The Bertz CT molecular complexity index is 1330. The van der Waals surface area contributed by atoms with Crippen LogP contribution in [-0.2, 0) is 0 Å². The highest BCUT2D eigenvalue weighted by atomic mass is 35.5. The van der Waals surface area contributed by atoms with Crippen LogP contribution in [0.4, 0.5) is 0 Å². The minimum Gasteiger partial charge on any atom is -0.256 e. The maximum Gasteiger partial charge on any atom is 0.104 e. The second kappa shape index (κ2) is 8.84. The van der Waals surface area contributed by atoms with Crippen molar-refractivity contribution in [1.29, 1.82) is 0 Å². The number of rotatable bonds is 5. The summed E-state index contributed by atoms with van der Waals surface area (Å²) in [6.07, 6.45) is 8.02. The van der Waals surface area contributed by atoms with Gasteiger partial charge >= 0.3 is 0 Å². The molecule has 0 aliphatic rings. The SMILES string of the molecule is Clc1ccc(C(c2ccc3nccc(C=Cc4ccccc4)c3c2)c2nccs2)cc1. The first-order valence-electron chi connectivity index (χ1n) is 10.0. The minimum atomic E-state index is 0.0489. The van der Waals surface area contributed by atoms with E-state index < -0.39 is 0 Å². The molecule has 0 fully saturated rings. The second-order valence-corrected chi connectivity index (χ2v) is 8.64. The Balaban J connectivity index is 1.62. The molecule has 3 aromatic carbocycles. The average molecular weight is 439 g/mol. The third-order valence-electron chi connectivity index (χ3n) is 5.29. The van der Waals surface area contributed by atoms with Crippen LogP contribution in [-0.4, -0.2) is 9.97 Å². The molecule has 0 bridgehead atoms. The molecule has 0 saturated heterocycles. The summed E-state index contributed by atoms with van der Waals surface area (Å²) in [7, 11) is 0. The van der Waals surface area contributed by atoms with Crippen molar-refractivity contribution < 1.29 is 0 Å². The van der Waals surface area contributed by atoms with Gasteiger partial charge in [-0.25, -0.2) is 4.98 Å². The molecule has 5 aromatic rings. The lowest BCUT2D eigenvalue weighted by Crippen LogP contribution is -2.03. The molecule has 4 heteroatoms. The lowest BCUT2D eigenvalue weighted by atomic mass is 9.90. The lowest BCUT2D eigenvalue weighted by Gasteiger charge is -2.17. The Morgan fingerprint density at radius 3 is 2.35 bits per heavy atom. The molecule has 0 radical (unpaired) electrons. The fourth-order valence-corrected chi connectivity index (χ4v) is 4.69. The molecular formula is C27H19ClN2S. The summed E-state index contributed by atoms with van der Waals surface area (Å²) >= 11 is 7.81. The van der Waals surface area contributed by atoms with Crippen molar-refractivity contribution in [2.24, 2.45) is 0 Å². The molecule has 2 aromatic heterocycles. The van der Waals surface area contributed by atoms with Crippen molar-refractivity contribution in [2.45, 2.75) is 5.92 Å². The third kappa shape index (κ3) is 4.29. The molecule has 31 heavy (non-hydrogen) atoms. The van der Waals surface area contributed by atoms with Crippen molar-refractivity contribution in [3.8, 4) is 0 Å². The smallest absolute Gasteiger partial charge is 0.104 e. The summed E-state index contributed by atoms with van der Waals surface area (Å²) in [5.41, 5.74) is 5.65. The summed E-state index contributed by atoms with van der Waals surface area (Å²) in [5, 5.41) is 4.95. The Labute approximate surface area is 190 Å². The Kier molecular flexibility index (Phi) is 5.61. The normalized spacial score (nSPS) is 12.4. The van der Waals surface area contributed by atoms with E-state index in [1.54, 1.807) is 11.3 Å². The number of hydrogen-bond donors (Lipinski definition) is 0. The summed E-state index contributed by atoms with van der Waals surface area (Å²) in [6.45, 7) is 0. The van der Waals surface area contributed by atoms with Gasteiger partial charge in [0, 0.05) is 28.2 Å². The summed E-state index contributed by atoms with van der Waals surface area (Å²) in [6, 6.07) is 26.9. The van der Waals surface area contributed by atoms with Crippen molar-refractivity contribution in [1.82, 2.24) is 9.97 Å². The number of hydrogen-bond acceptors (Lipinski definition) is 3. The molecule has 1 unspecified atom stereocenters. The molecule has 0 N–H and O–H groups in total. The highest BCUT2D eigenvalue weighted by Crippen LogP contribution is 2.35. The Morgan fingerprint density at radius 1 is 0.774 bits per heavy atom. The first-order valence-corrected chi connectivity index (χ1v) is 11.3. The Hall–Kier alpha value is -3.27. The maximum atomic E-state index is 6.14. The van der Waals surface area contributed by atoms with E-state index in [9.17, 15) is 0 Å². The molecule has 0 saturated carbocycles. The minimum absolute atomic E-state index is 0.0489. The second-order valence-electron chi connectivity index (χ2n) is 7.28. The molecule has 5 rings (SSSR count). The predicted molar refractivity (Wildman–Crippen MR) is 132 cm³/mol. The van der Waals surface area contributed by atoms with Gasteiger partial charge in [0.1, 0.15) is 5.01 Å². The van der Waals surface area contributed by atoms with Gasteiger partial charge in [-0.1, -0.05) is 72.3 Å². The number of benzene rings is 3. The van der Waals surface area contributed by atoms with Crippen molar-refractivity contribution in [3.63, 3.8) is 0 Å². The maximum absolute atomic E-state index is 6.14. The summed E-state index contributed by atoms with van der Waals surface area (Å²) in [5.74, 6) is 0.0489. The molecule has 150 valence electrons. The van der Waals surface area contributed by atoms with E-state index in [0.717, 1.165) is 26.5 Å². The number of halogens is 1. The molecule has 0 aliphatic carbocycles. The van der Waals surface area contributed by atoms with Gasteiger partial charge < -0.3 is 0 Å². The van der Waals surface area contributed by atoms with Gasteiger partial charge in [0.05, 0.1) is 11.4 Å². The van der Waals surface area contributed by atoms with E-state index in [4.69, 9.17) is 11.6 Å². The number of pyridine rings is 1. The van der Waals surface area contributed by atoms with Gasteiger partial charge in [0.2, 0.25) is 0 Å². The van der Waals surface area contributed by atoms with Crippen LogP contribution in [0.15, 0.2) is 96.6 Å². The molecule has 2 nitrogen and oxygen atoms in total. The largest absolute Gasteiger partial charge is 0.256 e. The number of thiazole rings is 1. The van der Waals surface area contributed by atoms with E-state index in [1.807, 2.05) is 48.1 Å². The monoisotopic (exact) mass is 438 g/mol. The van der Waals surface area contributed by atoms with E-state index in [-0.39, 0.29) is 5.92 Å². The molecular weight excluding hydrogens is 420 g/mol. The zero-order valence-corrected chi connectivity index (χ0v) is 18.2. The summed E-state index contributed by atoms with van der Waals surface area (Å²) in [4.78, 5) is 9.21. The van der Waals surface area contributed by atoms with Crippen molar-refractivity contribution >= 4 is 46.0 Å². The van der Waals surface area contributed by atoms with Crippen LogP contribution in [0.3, 0.4) is 0 Å². The Morgan fingerprint density at radius 2 is 1.58 bits per heavy atom. The first kappa shape index (κ1) is 19.7. The zero-order valence-electron chi connectivity index (χ0n) is 16.7. The number of nitrogens with zero attached hydrogens (tertiary/aromatic N) is 2. The van der Waals surface area contributed by atoms with Crippen LogP contribution in [0.2, 0.25) is 5.02 Å². The van der Waals surface area contributed by atoms with E-state index in [2.05, 4.69) is 70.7 Å². The predicted octanol–water partition coefficient (Wildman–Crippen LogP) is 7.70. The molecule has 0 aliphatic heterocycles. The highest BCUT2D eigenvalue weighted by Gasteiger charge is 2.20. The number of fused-ring (bicyclic) bond motifs is 1. The molecule has 0 amide bonds. The van der Waals surface area contributed by atoms with Crippen LogP contribution in [0, 0.1) is 0 Å².